The summed E-state index contributed by atoms with van der Waals surface area (Å²) in [5.41, 5.74) is 0. The van der Waals surface area contributed by atoms with Gasteiger partial charge in [-0.25, -0.2) is 6.57 Å². The van der Waals surface area contributed by atoms with E-state index in [0.717, 1.165) is 13.0 Å². The molecule has 2 nitrogen and oxygen atoms in total. The van der Waals surface area contributed by atoms with Crippen molar-refractivity contribution in [1.29, 1.82) is 0 Å². The van der Waals surface area contributed by atoms with Gasteiger partial charge in [-0.05, 0) is 19.3 Å². The molecule has 0 radical (unpaired) electrons. The molecule has 1 aliphatic heterocycles. The first kappa shape index (κ1) is 7.56. The number of hydrogen-bond donors (Lipinski definition) is 0. The summed E-state index contributed by atoms with van der Waals surface area (Å²) < 4.78 is 5.42. The highest BCUT2D eigenvalue weighted by molar-refractivity contribution is 4.83. The van der Waals surface area contributed by atoms with E-state index in [0.29, 0.717) is 0 Å². The highest BCUT2D eigenvalue weighted by atomic mass is 16.5. The van der Waals surface area contributed by atoms with Gasteiger partial charge in [-0.1, -0.05) is 0 Å². The smallest absolute Gasteiger partial charge is 0.246 e. The van der Waals surface area contributed by atoms with Crippen molar-refractivity contribution in [3.8, 4) is 0 Å². The van der Waals surface area contributed by atoms with Crippen LogP contribution >= 0.6 is 0 Å². The molecule has 0 aromatic heterocycles. The Morgan fingerprint density at radius 1 is 1.60 bits per heavy atom. The number of nitrogens with zero attached hydrogens (tertiary/aromatic N) is 1. The van der Waals surface area contributed by atoms with Gasteiger partial charge in [0.25, 0.3) is 0 Å². The molecule has 56 valence electrons. The standard InChI is InChI=1S/C8H13NO/c1-7(9-2)8-5-3-4-6-10-8/h7-8H,3-6H2,1H3. The number of ether oxygens (including phenoxy) is 1. The normalized spacial score (nSPS) is 29.0. The van der Waals surface area contributed by atoms with Crippen molar-refractivity contribution in [2.45, 2.75) is 38.3 Å². The van der Waals surface area contributed by atoms with Crippen LogP contribution in [0.2, 0.25) is 0 Å². The van der Waals surface area contributed by atoms with Crippen LogP contribution in [0.1, 0.15) is 26.2 Å². The average Bonchev–Trinajstić information content (AvgIpc) is 2.05. The molecule has 0 saturated carbocycles. The van der Waals surface area contributed by atoms with Crippen LogP contribution in [0.25, 0.3) is 4.85 Å². The Labute approximate surface area is 62.0 Å². The highest BCUT2D eigenvalue weighted by Crippen LogP contribution is 2.17. The molecule has 1 fully saturated rings. The van der Waals surface area contributed by atoms with Gasteiger partial charge in [-0.3, -0.25) is 0 Å². The lowest BCUT2D eigenvalue weighted by Crippen LogP contribution is -2.27. The van der Waals surface area contributed by atoms with E-state index in [1.807, 2.05) is 6.92 Å². The van der Waals surface area contributed by atoms with Crippen molar-refractivity contribution in [3.05, 3.63) is 11.4 Å². The van der Waals surface area contributed by atoms with Crippen LogP contribution in [0.4, 0.5) is 0 Å². The summed E-state index contributed by atoms with van der Waals surface area (Å²) in [4.78, 5) is 3.44. The molecule has 0 amide bonds. The first-order valence-electron chi connectivity index (χ1n) is 3.83. The molecule has 1 aliphatic rings. The van der Waals surface area contributed by atoms with E-state index in [1.54, 1.807) is 0 Å². The highest BCUT2D eigenvalue weighted by Gasteiger charge is 2.23. The van der Waals surface area contributed by atoms with Crippen LogP contribution in [-0.2, 0) is 4.74 Å². The Kier molecular flexibility index (Phi) is 2.70. The SMILES string of the molecule is [C-]#[N+]C(C)C1CCCCO1. The van der Waals surface area contributed by atoms with Gasteiger partial charge in [0.05, 0.1) is 0 Å². The maximum absolute atomic E-state index is 6.79. The fourth-order valence-electron chi connectivity index (χ4n) is 1.23. The zero-order valence-corrected chi connectivity index (χ0v) is 6.34. The van der Waals surface area contributed by atoms with Crippen molar-refractivity contribution in [2.75, 3.05) is 6.61 Å². The second-order valence-electron chi connectivity index (χ2n) is 2.77. The minimum absolute atomic E-state index is 0.0558. The van der Waals surface area contributed by atoms with Gasteiger partial charge in [-0.15, -0.1) is 0 Å². The molecule has 0 aromatic rings. The van der Waals surface area contributed by atoms with Gasteiger partial charge in [0.2, 0.25) is 6.04 Å². The van der Waals surface area contributed by atoms with E-state index in [4.69, 9.17) is 11.3 Å². The molecule has 0 aliphatic carbocycles. The summed E-state index contributed by atoms with van der Waals surface area (Å²) in [5, 5.41) is 0. The number of hydrogen-bond acceptors (Lipinski definition) is 1. The average molecular weight is 139 g/mol. The van der Waals surface area contributed by atoms with Gasteiger partial charge in [-0.2, -0.15) is 0 Å². The Balaban J connectivity index is 2.33. The van der Waals surface area contributed by atoms with Crippen LogP contribution in [0, 0.1) is 6.57 Å². The van der Waals surface area contributed by atoms with Crippen LogP contribution < -0.4 is 0 Å². The van der Waals surface area contributed by atoms with Gasteiger partial charge in [0, 0.05) is 13.5 Å². The monoisotopic (exact) mass is 139 g/mol. The fourth-order valence-corrected chi connectivity index (χ4v) is 1.23. The Bertz CT molecular complexity index is 133. The van der Waals surface area contributed by atoms with Crippen LogP contribution in [0.3, 0.4) is 0 Å². The molecule has 0 N–H and O–H groups in total. The van der Waals surface area contributed by atoms with Crippen molar-refractivity contribution in [3.63, 3.8) is 0 Å². The summed E-state index contributed by atoms with van der Waals surface area (Å²) in [7, 11) is 0. The molecular weight excluding hydrogens is 126 g/mol. The zero-order chi connectivity index (χ0) is 7.40. The largest absolute Gasteiger partial charge is 0.370 e. The maximum atomic E-state index is 6.79. The quantitative estimate of drug-likeness (QED) is 0.505. The van der Waals surface area contributed by atoms with Crippen molar-refractivity contribution in [2.24, 2.45) is 0 Å². The van der Waals surface area contributed by atoms with Crippen molar-refractivity contribution >= 4 is 0 Å². The van der Waals surface area contributed by atoms with Gasteiger partial charge < -0.3 is 9.58 Å². The van der Waals surface area contributed by atoms with E-state index in [9.17, 15) is 0 Å². The minimum atomic E-state index is 0.0558. The topological polar surface area (TPSA) is 13.6 Å². The van der Waals surface area contributed by atoms with Gasteiger partial charge in [0.1, 0.15) is 6.10 Å². The summed E-state index contributed by atoms with van der Waals surface area (Å²) in [6.07, 6.45) is 3.68. The molecule has 1 saturated heterocycles. The Morgan fingerprint density at radius 3 is 2.90 bits per heavy atom. The predicted octanol–water partition coefficient (Wildman–Crippen LogP) is 1.86. The van der Waals surface area contributed by atoms with E-state index in [2.05, 4.69) is 4.85 Å². The third-order valence-electron chi connectivity index (χ3n) is 1.96. The van der Waals surface area contributed by atoms with E-state index < -0.39 is 0 Å². The molecule has 1 rings (SSSR count). The predicted molar refractivity (Wildman–Crippen MR) is 39.7 cm³/mol. The van der Waals surface area contributed by atoms with Gasteiger partial charge in [0.15, 0.2) is 0 Å². The third kappa shape index (κ3) is 1.71. The van der Waals surface area contributed by atoms with Crippen molar-refractivity contribution < 1.29 is 4.74 Å². The van der Waals surface area contributed by atoms with Crippen LogP contribution in [-0.4, -0.2) is 18.8 Å². The zero-order valence-electron chi connectivity index (χ0n) is 6.34. The second-order valence-corrected chi connectivity index (χ2v) is 2.77. The lowest BCUT2D eigenvalue weighted by atomic mass is 10.0. The Morgan fingerprint density at radius 2 is 2.40 bits per heavy atom. The summed E-state index contributed by atoms with van der Waals surface area (Å²) >= 11 is 0. The lowest BCUT2D eigenvalue weighted by Gasteiger charge is -2.21. The molecule has 1 heterocycles. The van der Waals surface area contributed by atoms with Crippen molar-refractivity contribution in [1.82, 2.24) is 0 Å². The summed E-state index contributed by atoms with van der Waals surface area (Å²) in [5.74, 6) is 0. The Hall–Kier alpha value is -0.550. The first-order valence-corrected chi connectivity index (χ1v) is 3.83. The molecular formula is C8H13NO. The van der Waals surface area contributed by atoms with Gasteiger partial charge >= 0.3 is 0 Å². The molecule has 0 spiro atoms. The minimum Gasteiger partial charge on any atom is -0.370 e. The maximum Gasteiger partial charge on any atom is 0.246 e. The third-order valence-corrected chi connectivity index (χ3v) is 1.96. The molecule has 0 bridgehead atoms. The summed E-state index contributed by atoms with van der Waals surface area (Å²) in [6, 6.07) is 0.0558. The van der Waals surface area contributed by atoms with E-state index in [-0.39, 0.29) is 12.1 Å². The fraction of sp³-hybridized carbons (Fsp3) is 0.875. The van der Waals surface area contributed by atoms with Crippen LogP contribution in [0.15, 0.2) is 0 Å². The lowest BCUT2D eigenvalue weighted by molar-refractivity contribution is 0.0107. The van der Waals surface area contributed by atoms with E-state index >= 15 is 0 Å². The molecule has 10 heavy (non-hydrogen) atoms. The second kappa shape index (κ2) is 3.58. The van der Waals surface area contributed by atoms with Crippen LogP contribution in [0.5, 0.6) is 0 Å². The molecule has 0 aromatic carbocycles. The molecule has 2 unspecified atom stereocenters. The molecule has 2 heteroatoms. The van der Waals surface area contributed by atoms with E-state index in [1.165, 1.54) is 12.8 Å². The summed E-state index contributed by atoms with van der Waals surface area (Å²) in [6.45, 7) is 9.58. The first-order chi connectivity index (χ1) is 4.84. The molecule has 2 atom stereocenters. The number of rotatable bonds is 1.